The second-order valence-electron chi connectivity index (χ2n) is 5.99. The van der Waals surface area contributed by atoms with Gasteiger partial charge in [0.15, 0.2) is 0 Å². The SMILES string of the molecule is CCc1cccc(C)c1Nc1ncc(C(=O)NCC(C)C)cn1. The van der Waals surface area contributed by atoms with Crippen molar-refractivity contribution >= 4 is 17.5 Å². The number of nitrogens with zero attached hydrogens (tertiary/aromatic N) is 2. The smallest absolute Gasteiger partial charge is 0.254 e. The summed E-state index contributed by atoms with van der Waals surface area (Å²) in [4.78, 5) is 20.5. The predicted octanol–water partition coefficient (Wildman–Crippen LogP) is 3.48. The lowest BCUT2D eigenvalue weighted by molar-refractivity contribution is 0.0948. The third kappa shape index (κ3) is 4.52. The average molecular weight is 312 g/mol. The molecule has 0 aliphatic heterocycles. The van der Waals surface area contributed by atoms with Crippen molar-refractivity contribution in [1.82, 2.24) is 15.3 Å². The van der Waals surface area contributed by atoms with Gasteiger partial charge in [-0.25, -0.2) is 9.97 Å². The number of carbonyl (C=O) groups is 1. The summed E-state index contributed by atoms with van der Waals surface area (Å²) in [5.74, 6) is 0.763. The van der Waals surface area contributed by atoms with E-state index in [4.69, 9.17) is 0 Å². The van der Waals surface area contributed by atoms with Crippen LogP contribution in [0, 0.1) is 12.8 Å². The van der Waals surface area contributed by atoms with Crippen LogP contribution in [0.3, 0.4) is 0 Å². The summed E-state index contributed by atoms with van der Waals surface area (Å²) >= 11 is 0. The number of amides is 1. The third-order valence-electron chi connectivity index (χ3n) is 3.56. The van der Waals surface area contributed by atoms with Gasteiger partial charge >= 0.3 is 0 Å². The van der Waals surface area contributed by atoms with Crippen molar-refractivity contribution in [3.05, 3.63) is 47.3 Å². The lowest BCUT2D eigenvalue weighted by Crippen LogP contribution is -2.27. The molecule has 5 nitrogen and oxygen atoms in total. The topological polar surface area (TPSA) is 66.9 Å². The van der Waals surface area contributed by atoms with E-state index in [1.54, 1.807) is 12.4 Å². The highest BCUT2D eigenvalue weighted by Crippen LogP contribution is 2.23. The minimum atomic E-state index is -0.143. The van der Waals surface area contributed by atoms with Crippen LogP contribution in [0.2, 0.25) is 0 Å². The van der Waals surface area contributed by atoms with E-state index < -0.39 is 0 Å². The Bertz CT molecular complexity index is 665. The van der Waals surface area contributed by atoms with Gasteiger partial charge in [-0.2, -0.15) is 0 Å². The highest BCUT2D eigenvalue weighted by atomic mass is 16.1. The van der Waals surface area contributed by atoms with E-state index in [2.05, 4.69) is 60.4 Å². The number of hydrogen-bond donors (Lipinski definition) is 2. The number of aromatic nitrogens is 2. The summed E-state index contributed by atoms with van der Waals surface area (Å²) in [6.07, 6.45) is 4.03. The van der Waals surface area contributed by atoms with Gasteiger partial charge in [0.1, 0.15) is 0 Å². The van der Waals surface area contributed by atoms with E-state index in [9.17, 15) is 4.79 Å². The molecule has 2 rings (SSSR count). The molecule has 1 amide bonds. The molecule has 5 heteroatoms. The fraction of sp³-hybridized carbons (Fsp3) is 0.389. The highest BCUT2D eigenvalue weighted by Gasteiger charge is 2.09. The number of para-hydroxylation sites is 1. The van der Waals surface area contributed by atoms with Crippen molar-refractivity contribution in [1.29, 1.82) is 0 Å². The molecule has 0 saturated carbocycles. The van der Waals surface area contributed by atoms with E-state index in [0.717, 1.165) is 17.7 Å². The summed E-state index contributed by atoms with van der Waals surface area (Å²) in [7, 11) is 0. The number of aryl methyl sites for hydroxylation is 2. The normalized spacial score (nSPS) is 10.7. The quantitative estimate of drug-likeness (QED) is 0.857. The van der Waals surface area contributed by atoms with Crippen molar-refractivity contribution in [2.24, 2.45) is 5.92 Å². The molecule has 0 bridgehead atoms. The van der Waals surface area contributed by atoms with Crippen LogP contribution in [0.5, 0.6) is 0 Å². The first-order chi connectivity index (χ1) is 11.0. The third-order valence-corrected chi connectivity index (χ3v) is 3.56. The minimum absolute atomic E-state index is 0.143. The van der Waals surface area contributed by atoms with Crippen LogP contribution < -0.4 is 10.6 Å². The number of benzene rings is 1. The number of anilines is 2. The predicted molar refractivity (Wildman–Crippen MR) is 93.0 cm³/mol. The maximum atomic E-state index is 12.0. The Hall–Kier alpha value is -2.43. The highest BCUT2D eigenvalue weighted by molar-refractivity contribution is 5.93. The Morgan fingerprint density at radius 2 is 1.91 bits per heavy atom. The summed E-state index contributed by atoms with van der Waals surface area (Å²) < 4.78 is 0. The molecule has 1 aromatic carbocycles. The van der Waals surface area contributed by atoms with Crippen LogP contribution in [0.1, 0.15) is 42.3 Å². The van der Waals surface area contributed by atoms with Crippen LogP contribution in [-0.2, 0) is 6.42 Å². The molecular formula is C18H24N4O. The van der Waals surface area contributed by atoms with Crippen LogP contribution in [-0.4, -0.2) is 22.4 Å². The van der Waals surface area contributed by atoms with Gasteiger partial charge in [-0.1, -0.05) is 39.0 Å². The van der Waals surface area contributed by atoms with Gasteiger partial charge in [-0.15, -0.1) is 0 Å². The van der Waals surface area contributed by atoms with Crippen molar-refractivity contribution in [3.8, 4) is 0 Å². The second-order valence-corrected chi connectivity index (χ2v) is 5.99. The van der Waals surface area contributed by atoms with Gasteiger partial charge in [0, 0.05) is 24.6 Å². The van der Waals surface area contributed by atoms with Crippen LogP contribution in [0.15, 0.2) is 30.6 Å². The Balaban J connectivity index is 2.10. The monoisotopic (exact) mass is 312 g/mol. The molecule has 0 aliphatic carbocycles. The van der Waals surface area contributed by atoms with Gasteiger partial charge in [-0.05, 0) is 30.4 Å². The van der Waals surface area contributed by atoms with E-state index in [1.807, 2.05) is 6.07 Å². The van der Waals surface area contributed by atoms with Gasteiger partial charge in [0.05, 0.1) is 5.56 Å². The van der Waals surface area contributed by atoms with Crippen molar-refractivity contribution < 1.29 is 4.79 Å². The number of hydrogen-bond acceptors (Lipinski definition) is 4. The fourth-order valence-corrected chi connectivity index (χ4v) is 2.22. The van der Waals surface area contributed by atoms with E-state index in [0.29, 0.717) is 24.0 Å². The van der Waals surface area contributed by atoms with E-state index in [1.165, 1.54) is 5.56 Å². The molecule has 1 heterocycles. The summed E-state index contributed by atoms with van der Waals surface area (Å²) in [6.45, 7) is 8.91. The van der Waals surface area contributed by atoms with Crippen LogP contribution >= 0.6 is 0 Å². The number of nitrogens with one attached hydrogen (secondary N) is 2. The molecule has 1 aromatic heterocycles. The summed E-state index contributed by atoms with van der Waals surface area (Å²) in [6, 6.07) is 6.18. The maximum absolute atomic E-state index is 12.0. The van der Waals surface area contributed by atoms with Crippen molar-refractivity contribution in [2.45, 2.75) is 34.1 Å². The Kier molecular flexibility index (Phi) is 5.68. The lowest BCUT2D eigenvalue weighted by atomic mass is 10.1. The van der Waals surface area contributed by atoms with Crippen LogP contribution in [0.25, 0.3) is 0 Å². The van der Waals surface area contributed by atoms with Crippen molar-refractivity contribution in [2.75, 3.05) is 11.9 Å². The first-order valence-electron chi connectivity index (χ1n) is 7.97. The van der Waals surface area contributed by atoms with E-state index >= 15 is 0 Å². The van der Waals surface area contributed by atoms with Crippen molar-refractivity contribution in [3.63, 3.8) is 0 Å². The summed E-state index contributed by atoms with van der Waals surface area (Å²) in [5.41, 5.74) is 3.86. The molecule has 0 aliphatic rings. The minimum Gasteiger partial charge on any atom is -0.352 e. The molecular weight excluding hydrogens is 288 g/mol. The van der Waals surface area contributed by atoms with Gasteiger partial charge < -0.3 is 10.6 Å². The van der Waals surface area contributed by atoms with Gasteiger partial charge in [0.25, 0.3) is 5.91 Å². The summed E-state index contributed by atoms with van der Waals surface area (Å²) in [5, 5.41) is 6.11. The molecule has 0 saturated heterocycles. The number of rotatable bonds is 6. The molecule has 2 aromatic rings. The fourth-order valence-electron chi connectivity index (χ4n) is 2.22. The second kappa shape index (κ2) is 7.72. The Morgan fingerprint density at radius 1 is 1.22 bits per heavy atom. The standard InChI is InChI=1S/C18H24N4O/c1-5-14-8-6-7-13(4)16(14)22-18-20-10-15(11-21-18)17(23)19-9-12(2)3/h6-8,10-12H,5,9H2,1-4H3,(H,19,23)(H,20,21,22). The van der Waals surface area contributed by atoms with Gasteiger partial charge in [-0.3, -0.25) is 4.79 Å². The maximum Gasteiger partial charge on any atom is 0.254 e. The zero-order valence-corrected chi connectivity index (χ0v) is 14.2. The Morgan fingerprint density at radius 3 is 2.52 bits per heavy atom. The average Bonchev–Trinajstić information content (AvgIpc) is 2.55. The van der Waals surface area contributed by atoms with Crippen LogP contribution in [0.4, 0.5) is 11.6 Å². The zero-order chi connectivity index (χ0) is 16.8. The first-order valence-corrected chi connectivity index (χ1v) is 7.97. The zero-order valence-electron chi connectivity index (χ0n) is 14.2. The first kappa shape index (κ1) is 16.9. The molecule has 122 valence electrons. The molecule has 0 radical (unpaired) electrons. The van der Waals surface area contributed by atoms with Gasteiger partial charge in [0.2, 0.25) is 5.95 Å². The molecule has 23 heavy (non-hydrogen) atoms. The largest absolute Gasteiger partial charge is 0.352 e. The lowest BCUT2D eigenvalue weighted by Gasteiger charge is -2.13. The number of carbonyl (C=O) groups excluding carboxylic acids is 1. The molecule has 0 spiro atoms. The van der Waals surface area contributed by atoms with E-state index in [-0.39, 0.29) is 5.91 Å². The molecule has 0 fully saturated rings. The molecule has 0 unspecified atom stereocenters. The molecule has 0 atom stereocenters. The molecule has 2 N–H and O–H groups in total. The Labute approximate surface area is 137 Å².